The Morgan fingerprint density at radius 2 is 1.88 bits per heavy atom. The molecule has 1 aromatic carbocycles. The summed E-state index contributed by atoms with van der Waals surface area (Å²) in [5.74, 6) is 1.52. The van der Waals surface area contributed by atoms with E-state index in [9.17, 15) is 4.79 Å². The highest BCUT2D eigenvalue weighted by molar-refractivity contribution is 5.82. The van der Waals surface area contributed by atoms with Gasteiger partial charge < -0.3 is 14.6 Å². The number of carbonyl (C=O) groups excluding carboxylic acids is 1. The van der Waals surface area contributed by atoms with E-state index in [2.05, 4.69) is 21.8 Å². The lowest BCUT2D eigenvalue weighted by atomic mass is 9.96. The predicted octanol–water partition coefficient (Wildman–Crippen LogP) is 4.15. The van der Waals surface area contributed by atoms with Crippen molar-refractivity contribution in [2.75, 3.05) is 16.8 Å². The lowest BCUT2D eigenvalue weighted by Crippen LogP contribution is -2.58. The molecule has 2 aliphatic rings. The Morgan fingerprint density at radius 1 is 1.09 bits per heavy atom. The fourth-order valence-electron chi connectivity index (χ4n) is 5.24. The average Bonchev–Trinajstić information content (AvgIpc) is 3.38. The summed E-state index contributed by atoms with van der Waals surface area (Å²) in [6.45, 7) is 2.16. The summed E-state index contributed by atoms with van der Waals surface area (Å²) < 4.78 is 0. The van der Waals surface area contributed by atoms with Crippen molar-refractivity contribution in [1.82, 2.24) is 19.9 Å². The van der Waals surface area contributed by atoms with Gasteiger partial charge in [0.25, 0.3) is 0 Å². The summed E-state index contributed by atoms with van der Waals surface area (Å²) in [5.41, 5.74) is 3.53. The fraction of sp³-hybridized carbons (Fsp3) is 0.400. The molecule has 0 bridgehead atoms. The van der Waals surface area contributed by atoms with E-state index >= 15 is 0 Å². The summed E-state index contributed by atoms with van der Waals surface area (Å²) in [6.07, 6.45) is 11.9. The molecule has 2 aromatic heterocycles. The van der Waals surface area contributed by atoms with Gasteiger partial charge in [0.1, 0.15) is 18.7 Å². The number of nitrogens with zero attached hydrogens (tertiary/aromatic N) is 6. The van der Waals surface area contributed by atoms with Gasteiger partial charge in [0.15, 0.2) is 11.6 Å². The quantitative estimate of drug-likeness (QED) is 0.565. The normalized spacial score (nSPS) is 20.9. The molecular weight excluding hydrogens is 400 g/mol. The van der Waals surface area contributed by atoms with E-state index < -0.39 is 0 Å². The number of aldehydes is 1. The maximum Gasteiger partial charge on any atom is 0.165 e. The summed E-state index contributed by atoms with van der Waals surface area (Å²) in [5, 5.41) is 0. The second-order valence-electron chi connectivity index (χ2n) is 8.61. The van der Waals surface area contributed by atoms with E-state index in [0.717, 1.165) is 53.9 Å². The topological polar surface area (TPSA) is 75.1 Å². The summed E-state index contributed by atoms with van der Waals surface area (Å²) in [6, 6.07) is 10.3. The molecule has 1 fully saturated rings. The minimum atomic E-state index is -0.206. The second kappa shape index (κ2) is 8.65. The van der Waals surface area contributed by atoms with Gasteiger partial charge in [0.05, 0.1) is 29.2 Å². The zero-order chi connectivity index (χ0) is 22.1. The first-order chi connectivity index (χ1) is 15.7. The van der Waals surface area contributed by atoms with E-state index in [4.69, 9.17) is 9.97 Å². The van der Waals surface area contributed by atoms with Gasteiger partial charge in [0.2, 0.25) is 0 Å². The number of hydrogen-bond donors (Lipinski definition) is 0. The zero-order valence-electron chi connectivity index (χ0n) is 18.6. The highest BCUT2D eigenvalue weighted by Gasteiger charge is 2.41. The van der Waals surface area contributed by atoms with Gasteiger partial charge in [-0.25, -0.2) is 19.9 Å². The lowest BCUT2D eigenvalue weighted by molar-refractivity contribution is -0.109. The molecular formula is C25H28N6O. The number of anilines is 2. The number of carbonyl (C=O) groups is 1. The van der Waals surface area contributed by atoms with Gasteiger partial charge >= 0.3 is 0 Å². The molecule has 0 saturated heterocycles. The van der Waals surface area contributed by atoms with Crippen LogP contribution in [0.3, 0.4) is 0 Å². The third-order valence-electron chi connectivity index (χ3n) is 6.85. The molecule has 0 amide bonds. The van der Waals surface area contributed by atoms with Crippen LogP contribution >= 0.6 is 0 Å². The van der Waals surface area contributed by atoms with Crippen molar-refractivity contribution < 1.29 is 4.79 Å². The molecule has 5 rings (SSSR count). The highest BCUT2D eigenvalue weighted by atomic mass is 16.1. The monoisotopic (exact) mass is 428 g/mol. The van der Waals surface area contributed by atoms with E-state index in [-0.39, 0.29) is 12.1 Å². The van der Waals surface area contributed by atoms with E-state index in [1.54, 1.807) is 12.5 Å². The highest BCUT2D eigenvalue weighted by Crippen LogP contribution is 2.42. The molecule has 3 aromatic rings. The number of likely N-dealkylation sites (N-methyl/N-ethyl adjacent to an activating group) is 1. The maximum absolute atomic E-state index is 12.1. The van der Waals surface area contributed by atoms with Crippen LogP contribution in [0.15, 0.2) is 49.1 Å². The summed E-state index contributed by atoms with van der Waals surface area (Å²) in [4.78, 5) is 35.1. The Hall–Kier alpha value is -3.35. The Balaban J connectivity index is 1.66. The van der Waals surface area contributed by atoms with Crippen molar-refractivity contribution in [3.63, 3.8) is 0 Å². The molecule has 0 N–H and O–H groups in total. The fourth-order valence-corrected chi connectivity index (χ4v) is 5.24. The molecule has 1 saturated carbocycles. The van der Waals surface area contributed by atoms with Gasteiger partial charge in [-0.3, -0.25) is 0 Å². The smallest absolute Gasteiger partial charge is 0.165 e. The second-order valence-corrected chi connectivity index (χ2v) is 8.61. The van der Waals surface area contributed by atoms with E-state index in [1.165, 1.54) is 12.8 Å². The van der Waals surface area contributed by atoms with Crippen LogP contribution < -0.4 is 9.80 Å². The lowest BCUT2D eigenvalue weighted by Gasteiger charge is -2.48. The molecule has 0 radical (unpaired) electrons. The van der Waals surface area contributed by atoms with Crippen molar-refractivity contribution in [3.8, 4) is 22.6 Å². The Labute approximate surface area is 188 Å². The largest absolute Gasteiger partial charge is 0.359 e. The molecule has 1 aliphatic heterocycles. The molecule has 3 heterocycles. The van der Waals surface area contributed by atoms with Gasteiger partial charge in [-0.05, 0) is 19.3 Å². The maximum atomic E-state index is 12.1. The van der Waals surface area contributed by atoms with Crippen LogP contribution in [0.25, 0.3) is 22.6 Å². The molecule has 2 unspecified atom stereocenters. The number of hydrogen-bond acceptors (Lipinski definition) is 7. The third-order valence-corrected chi connectivity index (χ3v) is 6.85. The minimum Gasteiger partial charge on any atom is -0.359 e. The zero-order valence-corrected chi connectivity index (χ0v) is 18.6. The Morgan fingerprint density at radius 3 is 2.59 bits per heavy atom. The number of rotatable bonds is 5. The number of benzene rings is 1. The first kappa shape index (κ1) is 20.5. The van der Waals surface area contributed by atoms with Gasteiger partial charge in [0, 0.05) is 24.8 Å². The number of fused-ring (bicyclic) bond motifs is 1. The SMILES string of the molecule is CCC1C(C=O)N(C)c2cnc(-c3cncnc3-c3ccccc3)nc2N1C1CCCC1. The first-order valence-electron chi connectivity index (χ1n) is 11.4. The van der Waals surface area contributed by atoms with Crippen LogP contribution in [0.4, 0.5) is 11.5 Å². The van der Waals surface area contributed by atoms with E-state index in [1.807, 2.05) is 48.5 Å². The summed E-state index contributed by atoms with van der Waals surface area (Å²) >= 11 is 0. The van der Waals surface area contributed by atoms with Crippen molar-refractivity contribution in [1.29, 1.82) is 0 Å². The van der Waals surface area contributed by atoms with Crippen molar-refractivity contribution in [2.45, 2.75) is 57.2 Å². The molecule has 1 aliphatic carbocycles. The molecule has 2 atom stereocenters. The number of aromatic nitrogens is 4. The first-order valence-corrected chi connectivity index (χ1v) is 11.4. The third kappa shape index (κ3) is 3.42. The minimum absolute atomic E-state index is 0.0940. The molecule has 0 spiro atoms. The van der Waals surface area contributed by atoms with Crippen LogP contribution in [0.2, 0.25) is 0 Å². The van der Waals surface area contributed by atoms with Crippen LogP contribution in [0.5, 0.6) is 0 Å². The van der Waals surface area contributed by atoms with Gasteiger partial charge in [-0.15, -0.1) is 0 Å². The van der Waals surface area contributed by atoms with Crippen LogP contribution in [0.1, 0.15) is 39.0 Å². The summed E-state index contributed by atoms with van der Waals surface area (Å²) in [7, 11) is 1.97. The Kier molecular flexibility index (Phi) is 5.55. The molecule has 7 nitrogen and oxygen atoms in total. The molecule has 7 heteroatoms. The van der Waals surface area contributed by atoms with E-state index in [0.29, 0.717) is 11.9 Å². The Bertz CT molecular complexity index is 1100. The van der Waals surface area contributed by atoms with Crippen molar-refractivity contribution in [3.05, 3.63) is 49.1 Å². The predicted molar refractivity (Wildman–Crippen MR) is 126 cm³/mol. The van der Waals surface area contributed by atoms with Gasteiger partial charge in [-0.2, -0.15) is 0 Å². The van der Waals surface area contributed by atoms with Crippen molar-refractivity contribution >= 4 is 17.8 Å². The van der Waals surface area contributed by atoms with Crippen molar-refractivity contribution in [2.24, 2.45) is 0 Å². The standard InChI is InChI=1S/C25H28N6O/c1-3-20-22(15-32)30(2)21-14-27-24(29-25(21)31(20)18-11-7-8-12-18)19-13-26-16-28-23(19)17-9-5-4-6-10-17/h4-6,9-10,13-16,18,20,22H,3,7-8,11-12H2,1-2H3. The van der Waals surface area contributed by atoms with Crippen LogP contribution in [0, 0.1) is 0 Å². The molecule has 164 valence electrons. The average molecular weight is 429 g/mol. The van der Waals surface area contributed by atoms with Crippen LogP contribution in [-0.2, 0) is 4.79 Å². The van der Waals surface area contributed by atoms with Gasteiger partial charge in [-0.1, -0.05) is 50.1 Å². The van der Waals surface area contributed by atoms with Crippen LogP contribution in [-0.4, -0.2) is 51.4 Å². The molecule has 32 heavy (non-hydrogen) atoms.